The van der Waals surface area contributed by atoms with Gasteiger partial charge in [-0.05, 0) is 24.3 Å². The molecule has 0 fully saturated rings. The first kappa shape index (κ1) is 16.3. The third kappa shape index (κ3) is 3.78. The van der Waals surface area contributed by atoms with E-state index in [-0.39, 0.29) is 23.5 Å². The summed E-state index contributed by atoms with van der Waals surface area (Å²) >= 11 is 0. The summed E-state index contributed by atoms with van der Waals surface area (Å²) in [5.41, 5.74) is -0.255. The monoisotopic (exact) mass is 314 g/mol. The Balaban J connectivity index is 2.42. The number of carboxylic acids is 2. The maximum Gasteiger partial charge on any atom is 0.339 e. The van der Waals surface area contributed by atoms with Crippen LogP contribution in [0.3, 0.4) is 0 Å². The molecule has 2 rings (SSSR count). The van der Waals surface area contributed by atoms with Crippen molar-refractivity contribution in [1.29, 1.82) is 0 Å². The van der Waals surface area contributed by atoms with Gasteiger partial charge in [0.2, 0.25) is 5.79 Å². The van der Waals surface area contributed by atoms with Crippen LogP contribution in [-0.2, 0) is 4.74 Å². The summed E-state index contributed by atoms with van der Waals surface area (Å²) in [6.45, 7) is -0.0425. The van der Waals surface area contributed by atoms with Crippen LogP contribution >= 0.6 is 0 Å². The van der Waals surface area contributed by atoms with Gasteiger partial charge in [-0.2, -0.15) is 0 Å². The summed E-state index contributed by atoms with van der Waals surface area (Å²) in [7, 11) is 0. The van der Waals surface area contributed by atoms with Crippen LogP contribution in [0.5, 0.6) is 5.75 Å². The summed E-state index contributed by atoms with van der Waals surface area (Å²) in [6, 6.07) is 3.53. The molecule has 0 bridgehead atoms. The Morgan fingerprint density at radius 2 is 2.04 bits per heavy atom. The Morgan fingerprint density at radius 3 is 2.61 bits per heavy atom. The normalized spacial score (nSPS) is 19.1. The van der Waals surface area contributed by atoms with E-state index in [1.54, 1.807) is 24.3 Å². The second-order valence-electron chi connectivity index (χ2n) is 4.72. The highest BCUT2D eigenvalue weighted by Crippen LogP contribution is 2.30. The average molecular weight is 314 g/mol. The maximum absolute atomic E-state index is 11.3. The molecule has 6 nitrogen and oxygen atoms in total. The number of allylic oxidation sites excluding steroid dienone is 2. The molecule has 0 saturated heterocycles. The minimum Gasteiger partial charge on any atom is -0.478 e. The van der Waals surface area contributed by atoms with E-state index in [9.17, 15) is 14.7 Å². The molecule has 1 atom stereocenters. The fraction of sp³-hybridized carbons (Fsp3) is 0.176. The highest BCUT2D eigenvalue weighted by molar-refractivity contribution is 5.94. The van der Waals surface area contributed by atoms with Crippen LogP contribution in [0.1, 0.15) is 27.1 Å². The van der Waals surface area contributed by atoms with Crippen LogP contribution in [0.25, 0.3) is 0 Å². The number of aromatic carboxylic acids is 2. The van der Waals surface area contributed by atoms with Gasteiger partial charge < -0.3 is 19.7 Å². The lowest BCUT2D eigenvalue weighted by Gasteiger charge is -2.31. The molecule has 0 heterocycles. The summed E-state index contributed by atoms with van der Waals surface area (Å²) in [4.78, 5) is 22.4. The Bertz CT molecular complexity index is 725. The number of terminal acetylenes is 1. The van der Waals surface area contributed by atoms with E-state index in [0.29, 0.717) is 6.42 Å². The zero-order valence-corrected chi connectivity index (χ0v) is 12.1. The smallest absolute Gasteiger partial charge is 0.339 e. The molecule has 0 amide bonds. The van der Waals surface area contributed by atoms with Crippen molar-refractivity contribution < 1.29 is 29.3 Å². The van der Waals surface area contributed by atoms with Crippen LogP contribution in [0.2, 0.25) is 0 Å². The SMILES string of the molecule is C#CCOC1(Oc2cc(C(=O)O)ccc2C(=O)O)C=CC=CC1. The van der Waals surface area contributed by atoms with E-state index < -0.39 is 17.7 Å². The van der Waals surface area contributed by atoms with Crippen molar-refractivity contribution in [2.75, 3.05) is 6.61 Å². The molecule has 0 aliphatic heterocycles. The van der Waals surface area contributed by atoms with E-state index in [0.717, 1.165) is 6.07 Å². The highest BCUT2D eigenvalue weighted by Gasteiger charge is 2.32. The Morgan fingerprint density at radius 1 is 1.26 bits per heavy atom. The highest BCUT2D eigenvalue weighted by atomic mass is 16.7. The molecule has 1 aliphatic rings. The molecule has 0 spiro atoms. The molecule has 1 aromatic rings. The Hall–Kier alpha value is -3.04. The van der Waals surface area contributed by atoms with Gasteiger partial charge in [-0.25, -0.2) is 9.59 Å². The number of hydrogen-bond donors (Lipinski definition) is 2. The fourth-order valence-electron chi connectivity index (χ4n) is 2.06. The average Bonchev–Trinajstić information content (AvgIpc) is 2.53. The third-order valence-corrected chi connectivity index (χ3v) is 3.14. The first-order chi connectivity index (χ1) is 11.0. The van der Waals surface area contributed by atoms with E-state index in [4.69, 9.17) is 21.0 Å². The minimum absolute atomic E-state index is 0.0425. The van der Waals surface area contributed by atoms with Crippen LogP contribution in [0.15, 0.2) is 42.5 Å². The second kappa shape index (κ2) is 6.81. The standard InChI is InChI=1S/C17H14O6/c1-2-10-22-17(8-4-3-5-9-17)23-14-11-12(15(18)19)6-7-13(14)16(20)21/h1,3-8,11H,9-10H2,(H,18,19)(H,20,21). The van der Waals surface area contributed by atoms with Gasteiger partial charge in [-0.3, -0.25) is 0 Å². The topological polar surface area (TPSA) is 93.1 Å². The van der Waals surface area contributed by atoms with Crippen molar-refractivity contribution in [2.24, 2.45) is 0 Å². The van der Waals surface area contributed by atoms with Crippen molar-refractivity contribution in [1.82, 2.24) is 0 Å². The molecule has 0 aromatic heterocycles. The number of carbonyl (C=O) groups is 2. The summed E-state index contributed by atoms with van der Waals surface area (Å²) in [5.74, 6) is -1.48. The molecule has 0 radical (unpaired) electrons. The molecule has 1 unspecified atom stereocenters. The lowest BCUT2D eigenvalue weighted by molar-refractivity contribution is -0.134. The Kier molecular flexibility index (Phi) is 4.84. The Labute approximate surface area is 132 Å². The lowest BCUT2D eigenvalue weighted by Crippen LogP contribution is -2.38. The van der Waals surface area contributed by atoms with Gasteiger partial charge in [0.1, 0.15) is 17.9 Å². The summed E-state index contributed by atoms with van der Waals surface area (Å²) in [5, 5.41) is 18.3. The maximum atomic E-state index is 11.3. The fourth-order valence-corrected chi connectivity index (χ4v) is 2.06. The van der Waals surface area contributed by atoms with E-state index in [1.807, 2.05) is 0 Å². The van der Waals surface area contributed by atoms with Gasteiger partial charge in [-0.15, -0.1) is 6.42 Å². The van der Waals surface area contributed by atoms with E-state index in [2.05, 4.69) is 5.92 Å². The largest absolute Gasteiger partial charge is 0.478 e. The predicted molar refractivity (Wildman–Crippen MR) is 81.4 cm³/mol. The third-order valence-electron chi connectivity index (χ3n) is 3.14. The number of benzene rings is 1. The van der Waals surface area contributed by atoms with Crippen LogP contribution in [0.4, 0.5) is 0 Å². The van der Waals surface area contributed by atoms with Crippen molar-refractivity contribution in [2.45, 2.75) is 12.2 Å². The van der Waals surface area contributed by atoms with Gasteiger partial charge in [0, 0.05) is 6.42 Å². The van der Waals surface area contributed by atoms with Crippen molar-refractivity contribution in [3.05, 3.63) is 53.6 Å². The van der Waals surface area contributed by atoms with Gasteiger partial charge in [-0.1, -0.05) is 24.1 Å². The molecule has 23 heavy (non-hydrogen) atoms. The molecular formula is C17H14O6. The number of rotatable bonds is 6. The zero-order chi connectivity index (χ0) is 16.9. The predicted octanol–water partition coefficient (Wildman–Crippen LogP) is 2.32. The molecule has 2 N–H and O–H groups in total. The van der Waals surface area contributed by atoms with E-state index in [1.165, 1.54) is 12.1 Å². The van der Waals surface area contributed by atoms with Crippen molar-refractivity contribution in [3.63, 3.8) is 0 Å². The molecule has 0 saturated carbocycles. The molecule has 118 valence electrons. The first-order valence-electron chi connectivity index (χ1n) is 6.69. The number of carboxylic acid groups (broad SMARTS) is 2. The summed E-state index contributed by atoms with van der Waals surface area (Å²) < 4.78 is 11.3. The molecule has 6 heteroatoms. The van der Waals surface area contributed by atoms with Gasteiger partial charge in [0.25, 0.3) is 0 Å². The first-order valence-corrected chi connectivity index (χ1v) is 6.69. The van der Waals surface area contributed by atoms with Gasteiger partial charge in [0.05, 0.1) is 5.56 Å². The van der Waals surface area contributed by atoms with Crippen LogP contribution < -0.4 is 4.74 Å². The number of ether oxygens (including phenoxy) is 2. The van der Waals surface area contributed by atoms with Crippen LogP contribution in [-0.4, -0.2) is 34.5 Å². The van der Waals surface area contributed by atoms with Crippen molar-refractivity contribution >= 4 is 11.9 Å². The van der Waals surface area contributed by atoms with E-state index >= 15 is 0 Å². The molecule has 1 aliphatic carbocycles. The lowest BCUT2D eigenvalue weighted by atomic mass is 10.1. The minimum atomic E-state index is -1.28. The number of hydrogen-bond acceptors (Lipinski definition) is 4. The molecular weight excluding hydrogens is 300 g/mol. The van der Waals surface area contributed by atoms with Crippen molar-refractivity contribution in [3.8, 4) is 18.1 Å². The second-order valence-corrected chi connectivity index (χ2v) is 4.72. The van der Waals surface area contributed by atoms with Gasteiger partial charge in [0.15, 0.2) is 0 Å². The zero-order valence-electron chi connectivity index (χ0n) is 12.1. The molecule has 1 aromatic carbocycles. The van der Waals surface area contributed by atoms with Gasteiger partial charge >= 0.3 is 11.9 Å². The summed E-state index contributed by atoms with van der Waals surface area (Å²) in [6.07, 6.45) is 12.3. The quantitative estimate of drug-likeness (QED) is 0.618. The van der Waals surface area contributed by atoms with Crippen LogP contribution in [0, 0.1) is 12.3 Å².